The third kappa shape index (κ3) is 3.52. The number of nitrogens with one attached hydrogen (secondary N) is 1. The zero-order valence-corrected chi connectivity index (χ0v) is 15.4. The van der Waals surface area contributed by atoms with Gasteiger partial charge in [-0.3, -0.25) is 0 Å². The van der Waals surface area contributed by atoms with Crippen LogP contribution in [0.25, 0.3) is 22.7 Å². The number of hydrogen-bond donors (Lipinski definition) is 2. The first-order chi connectivity index (χ1) is 12.0. The molecule has 2 N–H and O–H groups in total. The molecule has 0 aliphatic heterocycles. The number of benzene rings is 2. The van der Waals surface area contributed by atoms with Gasteiger partial charge in [-0.15, -0.1) is 0 Å². The highest BCUT2D eigenvalue weighted by Crippen LogP contribution is 2.36. The maximum atomic E-state index is 10.0. The Morgan fingerprint density at radius 2 is 2.20 bits per heavy atom. The third-order valence-electron chi connectivity index (χ3n) is 3.67. The van der Waals surface area contributed by atoms with Gasteiger partial charge in [-0.2, -0.15) is 5.26 Å². The van der Waals surface area contributed by atoms with Gasteiger partial charge in [0.25, 0.3) is 0 Å². The number of imidazole rings is 1. The Hall–Kier alpha value is -2.78. The number of phenolic OH excluding ortho intramolecular Hbond substituents is 1. The van der Waals surface area contributed by atoms with Crippen molar-refractivity contribution in [2.45, 2.75) is 13.8 Å². The van der Waals surface area contributed by atoms with E-state index >= 15 is 0 Å². The summed E-state index contributed by atoms with van der Waals surface area (Å²) in [6.45, 7) is 4.28. The number of halogens is 1. The van der Waals surface area contributed by atoms with Crippen LogP contribution in [0.1, 0.15) is 23.9 Å². The number of H-pyrrole nitrogens is 1. The molecule has 0 saturated heterocycles. The van der Waals surface area contributed by atoms with Gasteiger partial charge < -0.3 is 14.8 Å². The lowest BCUT2D eigenvalue weighted by molar-refractivity contribution is 0.317. The Morgan fingerprint density at radius 3 is 2.92 bits per heavy atom. The Kier molecular flexibility index (Phi) is 4.77. The average molecular weight is 398 g/mol. The average Bonchev–Trinajstić information content (AvgIpc) is 3.00. The lowest BCUT2D eigenvalue weighted by Crippen LogP contribution is -1.93. The Balaban J connectivity index is 2.06. The number of aromatic amines is 1. The van der Waals surface area contributed by atoms with E-state index in [1.54, 1.807) is 18.2 Å². The molecule has 0 saturated carbocycles. The van der Waals surface area contributed by atoms with Crippen molar-refractivity contribution in [1.82, 2.24) is 9.97 Å². The molecule has 0 unspecified atom stereocenters. The number of ether oxygens (including phenoxy) is 1. The second-order valence-corrected chi connectivity index (χ2v) is 6.41. The van der Waals surface area contributed by atoms with E-state index in [2.05, 4.69) is 32.0 Å². The van der Waals surface area contributed by atoms with Gasteiger partial charge in [0.05, 0.1) is 27.7 Å². The maximum absolute atomic E-state index is 10.0. The summed E-state index contributed by atoms with van der Waals surface area (Å²) in [6, 6.07) is 11.5. The van der Waals surface area contributed by atoms with E-state index in [-0.39, 0.29) is 5.75 Å². The van der Waals surface area contributed by atoms with Gasteiger partial charge in [-0.05, 0) is 71.2 Å². The molecule has 25 heavy (non-hydrogen) atoms. The molecule has 1 heterocycles. The van der Waals surface area contributed by atoms with Crippen LogP contribution in [0.2, 0.25) is 0 Å². The summed E-state index contributed by atoms with van der Waals surface area (Å²) < 4.78 is 5.93. The highest BCUT2D eigenvalue weighted by atomic mass is 79.9. The number of rotatable bonds is 4. The number of phenols is 1. The van der Waals surface area contributed by atoms with Gasteiger partial charge in [0.15, 0.2) is 11.5 Å². The number of aryl methyl sites for hydroxylation is 1. The summed E-state index contributed by atoms with van der Waals surface area (Å²) in [4.78, 5) is 7.66. The number of nitrogens with zero attached hydrogens (tertiary/aromatic N) is 2. The molecule has 3 rings (SSSR count). The molecular weight excluding hydrogens is 382 g/mol. The Bertz CT molecular complexity index is 1020. The zero-order valence-electron chi connectivity index (χ0n) is 13.8. The van der Waals surface area contributed by atoms with Crippen molar-refractivity contribution >= 4 is 38.6 Å². The van der Waals surface area contributed by atoms with E-state index in [9.17, 15) is 10.4 Å². The Morgan fingerprint density at radius 1 is 1.40 bits per heavy atom. The highest BCUT2D eigenvalue weighted by molar-refractivity contribution is 9.10. The van der Waals surface area contributed by atoms with E-state index in [4.69, 9.17) is 4.74 Å². The standard InChI is InChI=1S/C19H16BrN3O2/c1-3-25-17-9-12(8-14(20)18(17)24)7-13(10-21)19-22-15-5-4-11(2)6-16(15)23-19/h4-9,24H,3H2,1-2H3,(H,22,23)/b13-7-. The van der Waals surface area contributed by atoms with E-state index < -0.39 is 0 Å². The van der Waals surface area contributed by atoms with Crippen LogP contribution >= 0.6 is 15.9 Å². The highest BCUT2D eigenvalue weighted by Gasteiger charge is 2.11. The molecular formula is C19H16BrN3O2. The van der Waals surface area contributed by atoms with Crippen LogP contribution in [0.15, 0.2) is 34.8 Å². The van der Waals surface area contributed by atoms with Gasteiger partial charge in [-0.1, -0.05) is 6.07 Å². The van der Waals surface area contributed by atoms with Crippen molar-refractivity contribution in [3.63, 3.8) is 0 Å². The van der Waals surface area contributed by atoms with Crippen LogP contribution < -0.4 is 4.74 Å². The van der Waals surface area contributed by atoms with Crippen molar-refractivity contribution in [3.8, 4) is 17.6 Å². The smallest absolute Gasteiger partial charge is 0.172 e. The molecule has 0 spiro atoms. The molecule has 0 aliphatic rings. The van der Waals surface area contributed by atoms with Gasteiger partial charge in [0, 0.05) is 0 Å². The normalized spacial score (nSPS) is 11.5. The van der Waals surface area contributed by atoms with Gasteiger partial charge in [0.2, 0.25) is 0 Å². The molecule has 6 heteroatoms. The van der Waals surface area contributed by atoms with Crippen molar-refractivity contribution in [3.05, 3.63) is 51.8 Å². The minimum absolute atomic E-state index is 0.0386. The molecule has 0 bridgehead atoms. The summed E-state index contributed by atoms with van der Waals surface area (Å²) in [5.41, 5.74) is 3.94. The third-order valence-corrected chi connectivity index (χ3v) is 4.28. The molecule has 0 aliphatic carbocycles. The first kappa shape index (κ1) is 17.1. The predicted molar refractivity (Wildman–Crippen MR) is 101 cm³/mol. The fourth-order valence-corrected chi connectivity index (χ4v) is 2.97. The van der Waals surface area contributed by atoms with Crippen molar-refractivity contribution < 1.29 is 9.84 Å². The lowest BCUT2D eigenvalue weighted by atomic mass is 10.1. The zero-order chi connectivity index (χ0) is 18.0. The Labute approximate surface area is 153 Å². The van der Waals surface area contributed by atoms with Crippen LogP contribution in [0, 0.1) is 18.3 Å². The quantitative estimate of drug-likeness (QED) is 0.619. The second kappa shape index (κ2) is 6.99. The maximum Gasteiger partial charge on any atom is 0.172 e. The first-order valence-corrected chi connectivity index (χ1v) is 8.55. The largest absolute Gasteiger partial charge is 0.503 e. The van der Waals surface area contributed by atoms with Crippen LogP contribution in [0.4, 0.5) is 0 Å². The van der Waals surface area contributed by atoms with Crippen molar-refractivity contribution in [2.75, 3.05) is 6.61 Å². The number of aromatic hydroxyl groups is 1. The minimum atomic E-state index is 0.0386. The first-order valence-electron chi connectivity index (χ1n) is 7.75. The molecule has 0 fully saturated rings. The molecule has 0 amide bonds. The predicted octanol–water partition coefficient (Wildman–Crippen LogP) is 4.80. The fraction of sp³-hybridized carbons (Fsp3) is 0.158. The van der Waals surface area contributed by atoms with Crippen molar-refractivity contribution in [2.24, 2.45) is 0 Å². The van der Waals surface area contributed by atoms with Gasteiger partial charge in [0.1, 0.15) is 11.9 Å². The van der Waals surface area contributed by atoms with Crippen LogP contribution in [-0.2, 0) is 0 Å². The molecule has 2 aromatic carbocycles. The summed E-state index contributed by atoms with van der Waals surface area (Å²) in [5, 5.41) is 19.6. The van der Waals surface area contributed by atoms with E-state index in [0.717, 1.165) is 22.2 Å². The molecule has 1 aromatic heterocycles. The number of hydrogen-bond acceptors (Lipinski definition) is 4. The number of aromatic nitrogens is 2. The number of fused-ring (bicyclic) bond motifs is 1. The monoisotopic (exact) mass is 397 g/mol. The molecule has 126 valence electrons. The molecule has 3 aromatic rings. The number of nitriles is 1. The van der Waals surface area contributed by atoms with Crippen LogP contribution in [0.5, 0.6) is 11.5 Å². The molecule has 5 nitrogen and oxygen atoms in total. The van der Waals surface area contributed by atoms with Gasteiger partial charge >= 0.3 is 0 Å². The summed E-state index contributed by atoms with van der Waals surface area (Å²) in [6.07, 6.45) is 1.71. The van der Waals surface area contributed by atoms with E-state index in [1.807, 2.05) is 32.0 Å². The number of allylic oxidation sites excluding steroid dienone is 1. The minimum Gasteiger partial charge on any atom is -0.503 e. The summed E-state index contributed by atoms with van der Waals surface area (Å²) >= 11 is 3.31. The van der Waals surface area contributed by atoms with Crippen molar-refractivity contribution in [1.29, 1.82) is 5.26 Å². The fourth-order valence-electron chi connectivity index (χ4n) is 2.51. The summed E-state index contributed by atoms with van der Waals surface area (Å²) in [5.74, 6) is 0.905. The van der Waals surface area contributed by atoms with Gasteiger partial charge in [-0.25, -0.2) is 4.98 Å². The van der Waals surface area contributed by atoms with E-state index in [1.165, 1.54) is 0 Å². The van der Waals surface area contributed by atoms with Crippen LogP contribution in [-0.4, -0.2) is 21.7 Å². The second-order valence-electron chi connectivity index (χ2n) is 5.56. The van der Waals surface area contributed by atoms with Crippen LogP contribution in [0.3, 0.4) is 0 Å². The lowest BCUT2D eigenvalue weighted by Gasteiger charge is -2.08. The topological polar surface area (TPSA) is 81.9 Å². The molecule has 0 radical (unpaired) electrons. The molecule has 0 atom stereocenters. The summed E-state index contributed by atoms with van der Waals surface area (Å²) in [7, 11) is 0. The van der Waals surface area contributed by atoms with E-state index in [0.29, 0.717) is 28.2 Å². The SMILES string of the molecule is CCOc1cc(/C=C(/C#N)c2nc3ccc(C)cc3[nH]2)cc(Br)c1O.